The maximum absolute atomic E-state index is 10.2. The summed E-state index contributed by atoms with van der Waals surface area (Å²) < 4.78 is 0. The van der Waals surface area contributed by atoms with Gasteiger partial charge in [-0.2, -0.15) is 0 Å². The monoisotopic (exact) mass is 264 g/mol. The number of aryl methyl sites for hydroxylation is 1. The van der Waals surface area contributed by atoms with Crippen molar-refractivity contribution in [3.63, 3.8) is 0 Å². The van der Waals surface area contributed by atoms with Gasteiger partial charge in [0.2, 0.25) is 0 Å². The minimum Gasteiger partial charge on any atom is -0.481 e. The van der Waals surface area contributed by atoms with Crippen molar-refractivity contribution >= 4 is 11.8 Å². The lowest BCUT2D eigenvalue weighted by atomic mass is 10.1. The Balaban J connectivity index is 0.000000344. The first kappa shape index (κ1) is 17.4. The Morgan fingerprint density at radius 1 is 1.05 bits per heavy atom. The van der Waals surface area contributed by atoms with Gasteiger partial charge in [0, 0.05) is 12.8 Å². The average Bonchev–Trinajstić information content (AvgIpc) is 2.37. The van der Waals surface area contributed by atoms with Crippen molar-refractivity contribution in [1.82, 2.24) is 0 Å². The number of aliphatic carboxylic acids is 1. The van der Waals surface area contributed by atoms with Gasteiger partial charge < -0.3 is 9.90 Å². The molecule has 0 heterocycles. The zero-order chi connectivity index (χ0) is 14.5. The van der Waals surface area contributed by atoms with Crippen LogP contribution in [0.25, 0.3) is 0 Å². The normalized spacial score (nSPS) is 9.37. The molecule has 0 atom stereocenters. The average molecular weight is 264 g/mol. The van der Waals surface area contributed by atoms with Crippen LogP contribution in [-0.2, 0) is 16.0 Å². The molecule has 0 radical (unpaired) electrons. The Bertz CT molecular complexity index is 344. The molecule has 0 aliphatic heterocycles. The van der Waals surface area contributed by atoms with E-state index in [1.165, 1.54) is 31.7 Å². The lowest BCUT2D eigenvalue weighted by Crippen LogP contribution is -1.96. The second kappa shape index (κ2) is 11.5. The van der Waals surface area contributed by atoms with Gasteiger partial charge in [-0.1, -0.05) is 43.7 Å². The third-order valence-corrected chi connectivity index (χ3v) is 2.58. The fourth-order valence-electron chi connectivity index (χ4n) is 1.51. The van der Waals surface area contributed by atoms with E-state index in [0.717, 1.165) is 0 Å². The van der Waals surface area contributed by atoms with Crippen LogP contribution in [0.3, 0.4) is 0 Å². The van der Waals surface area contributed by atoms with Crippen LogP contribution in [0.5, 0.6) is 0 Å². The molecule has 19 heavy (non-hydrogen) atoms. The van der Waals surface area contributed by atoms with Crippen molar-refractivity contribution in [3.05, 3.63) is 35.9 Å². The largest absolute Gasteiger partial charge is 0.481 e. The Kier molecular flexibility index (Phi) is 10.5. The van der Waals surface area contributed by atoms with E-state index in [1.54, 1.807) is 0 Å². The molecule has 1 rings (SSSR count). The van der Waals surface area contributed by atoms with Crippen molar-refractivity contribution in [1.29, 1.82) is 0 Å². The summed E-state index contributed by atoms with van der Waals surface area (Å²) >= 11 is 0. The summed E-state index contributed by atoms with van der Waals surface area (Å²) in [5.74, 6) is -0.785. The van der Waals surface area contributed by atoms with Crippen LogP contribution >= 0.6 is 0 Å². The fourth-order valence-corrected chi connectivity index (χ4v) is 1.51. The molecule has 0 saturated heterocycles. The minimum absolute atomic E-state index is 0.0521. The molecule has 0 saturated carbocycles. The number of benzene rings is 1. The minimum atomic E-state index is -0.837. The Hall–Kier alpha value is -1.64. The Labute approximate surface area is 115 Å². The summed E-state index contributed by atoms with van der Waals surface area (Å²) in [6.45, 7) is 3.69. The molecule has 0 spiro atoms. The van der Waals surface area contributed by atoms with Crippen molar-refractivity contribution in [2.75, 3.05) is 0 Å². The van der Waals surface area contributed by atoms with E-state index < -0.39 is 5.97 Å². The van der Waals surface area contributed by atoms with Crippen LogP contribution in [0.4, 0.5) is 0 Å². The van der Waals surface area contributed by atoms with Gasteiger partial charge in [-0.15, -0.1) is 0 Å². The summed E-state index contributed by atoms with van der Waals surface area (Å²) in [4.78, 5) is 20.1. The van der Waals surface area contributed by atoms with Crippen LogP contribution in [0.2, 0.25) is 0 Å². The van der Waals surface area contributed by atoms with E-state index in [0.29, 0.717) is 12.8 Å². The highest BCUT2D eigenvalue weighted by Crippen LogP contribution is 2.03. The summed E-state index contributed by atoms with van der Waals surface area (Å²) in [5.41, 5.74) is 1.46. The van der Waals surface area contributed by atoms with Crippen molar-refractivity contribution in [2.24, 2.45) is 0 Å². The Morgan fingerprint density at radius 2 is 1.68 bits per heavy atom. The van der Waals surface area contributed by atoms with Crippen molar-refractivity contribution < 1.29 is 14.7 Å². The molecule has 0 fully saturated rings. The van der Waals surface area contributed by atoms with Crippen LogP contribution in [-0.4, -0.2) is 16.9 Å². The molecule has 1 aromatic carbocycles. The van der Waals surface area contributed by atoms with Gasteiger partial charge >= 0.3 is 5.97 Å². The summed E-state index contributed by atoms with van der Waals surface area (Å²) in [5, 5.41) is 8.12. The third kappa shape index (κ3) is 12.6. The molecule has 1 aromatic rings. The predicted octanol–water partition coefficient (Wildman–Crippen LogP) is 3.86. The maximum atomic E-state index is 10.2. The second-order valence-electron chi connectivity index (χ2n) is 4.54. The lowest BCUT2D eigenvalue weighted by Gasteiger charge is -1.96. The first-order valence-electron chi connectivity index (χ1n) is 6.81. The molecule has 0 unspecified atom stereocenters. The van der Waals surface area contributed by atoms with E-state index in [4.69, 9.17) is 5.11 Å². The highest BCUT2D eigenvalue weighted by molar-refractivity contribution is 5.76. The molecule has 3 nitrogen and oxygen atoms in total. The summed E-state index contributed by atoms with van der Waals surface area (Å²) in [6.07, 6.45) is 4.77. The highest BCUT2D eigenvalue weighted by Gasteiger charge is 1.97. The van der Waals surface area contributed by atoms with E-state index in [9.17, 15) is 9.59 Å². The number of carboxylic acid groups (broad SMARTS) is 1. The van der Waals surface area contributed by atoms with Crippen molar-refractivity contribution in [2.45, 2.75) is 52.4 Å². The number of unbranched alkanes of at least 4 members (excludes halogenated alkanes) is 1. The van der Waals surface area contributed by atoms with Gasteiger partial charge in [0.05, 0.1) is 0 Å². The van der Waals surface area contributed by atoms with Crippen LogP contribution in [0, 0.1) is 0 Å². The topological polar surface area (TPSA) is 54.4 Å². The zero-order valence-corrected chi connectivity index (χ0v) is 11.9. The van der Waals surface area contributed by atoms with Gasteiger partial charge in [-0.05, 0) is 31.7 Å². The number of rotatable bonds is 7. The van der Waals surface area contributed by atoms with Gasteiger partial charge in [-0.25, -0.2) is 0 Å². The molecule has 0 aliphatic carbocycles. The number of Topliss-reactive ketones (excluding diaryl/α,β-unsaturated/α-hetero) is 1. The third-order valence-electron chi connectivity index (χ3n) is 2.58. The van der Waals surface area contributed by atoms with Crippen LogP contribution in [0.1, 0.15) is 51.5 Å². The van der Waals surface area contributed by atoms with E-state index in [2.05, 4.69) is 37.3 Å². The van der Waals surface area contributed by atoms with E-state index in [1.807, 2.05) is 0 Å². The number of hydrogen-bond donors (Lipinski definition) is 1. The first-order valence-corrected chi connectivity index (χ1v) is 6.81. The highest BCUT2D eigenvalue weighted by atomic mass is 16.4. The second-order valence-corrected chi connectivity index (χ2v) is 4.54. The Morgan fingerprint density at radius 3 is 2.16 bits per heavy atom. The van der Waals surface area contributed by atoms with Crippen LogP contribution < -0.4 is 0 Å². The van der Waals surface area contributed by atoms with Gasteiger partial charge in [0.25, 0.3) is 0 Å². The van der Waals surface area contributed by atoms with Gasteiger partial charge in [-0.3, -0.25) is 4.79 Å². The van der Waals surface area contributed by atoms with E-state index in [-0.39, 0.29) is 12.2 Å². The number of carbonyl (C=O) groups is 2. The molecule has 106 valence electrons. The predicted molar refractivity (Wildman–Crippen MR) is 77.2 cm³/mol. The smallest absolute Gasteiger partial charge is 0.303 e. The zero-order valence-electron chi connectivity index (χ0n) is 11.9. The molecular formula is C16H24O3. The maximum Gasteiger partial charge on any atom is 0.303 e. The number of carboxylic acids is 1. The van der Waals surface area contributed by atoms with Gasteiger partial charge in [0.1, 0.15) is 5.78 Å². The number of hydrogen-bond acceptors (Lipinski definition) is 2. The lowest BCUT2D eigenvalue weighted by molar-refractivity contribution is -0.137. The van der Waals surface area contributed by atoms with E-state index >= 15 is 0 Å². The SMILES string of the molecule is CC(=O)CCCC(=O)O.CCCCc1ccccc1. The molecule has 3 heteroatoms. The number of carbonyl (C=O) groups excluding carboxylic acids is 1. The molecule has 0 aromatic heterocycles. The summed E-state index contributed by atoms with van der Waals surface area (Å²) in [6, 6.07) is 10.6. The molecule has 0 bridgehead atoms. The molecular weight excluding hydrogens is 240 g/mol. The standard InChI is InChI=1S/C10H14.C6H10O3/c1-2-3-7-10-8-5-4-6-9-10;1-5(7)3-2-4-6(8)9/h4-6,8-9H,2-3,7H2,1H3;2-4H2,1H3,(H,8,9). The molecule has 0 amide bonds. The quantitative estimate of drug-likeness (QED) is 0.813. The van der Waals surface area contributed by atoms with Crippen molar-refractivity contribution in [3.8, 4) is 0 Å². The first-order chi connectivity index (χ1) is 9.06. The number of ketones is 1. The van der Waals surface area contributed by atoms with Crippen LogP contribution in [0.15, 0.2) is 30.3 Å². The summed E-state index contributed by atoms with van der Waals surface area (Å²) in [7, 11) is 0. The molecule has 1 N–H and O–H groups in total. The molecule has 0 aliphatic rings. The fraction of sp³-hybridized carbons (Fsp3) is 0.500. The van der Waals surface area contributed by atoms with Gasteiger partial charge in [0.15, 0.2) is 0 Å².